The molecule has 0 aliphatic heterocycles. The van der Waals surface area contributed by atoms with E-state index in [0.717, 1.165) is 69.8 Å². The van der Waals surface area contributed by atoms with Crippen LogP contribution in [0, 0.1) is 0 Å². The molecule has 2 aromatic carbocycles. The van der Waals surface area contributed by atoms with Crippen molar-refractivity contribution in [3.05, 3.63) is 183 Å². The van der Waals surface area contributed by atoms with Gasteiger partial charge in [-0.2, -0.15) is 0 Å². The molecule has 2 atom stereocenters. The van der Waals surface area contributed by atoms with Crippen molar-refractivity contribution in [1.82, 2.24) is 29.9 Å². The van der Waals surface area contributed by atoms with Gasteiger partial charge < -0.3 is 11.0 Å². The zero-order valence-electron chi connectivity index (χ0n) is 35.1. The Hall–Kier alpha value is -4.52. The van der Waals surface area contributed by atoms with Gasteiger partial charge in [-0.05, 0) is 72.8 Å². The van der Waals surface area contributed by atoms with Crippen LogP contribution in [0.15, 0.2) is 192 Å². The molecule has 0 saturated heterocycles. The molecule has 0 amide bonds. The molecule has 68 heavy (non-hydrogen) atoms. The van der Waals surface area contributed by atoms with Gasteiger partial charge in [0.2, 0.25) is 0 Å². The van der Waals surface area contributed by atoms with E-state index in [1.54, 1.807) is 24.8 Å². The quantitative estimate of drug-likeness (QED) is 0.147. The minimum absolute atomic E-state index is 0. The number of hydrogen-bond acceptors (Lipinski definition) is 16. The molecule has 344 valence electrons. The Morgan fingerprint density at radius 3 is 0.779 bits per heavy atom. The van der Waals surface area contributed by atoms with Crippen LogP contribution in [0.3, 0.4) is 0 Å². The van der Waals surface area contributed by atoms with Gasteiger partial charge in [0.1, 0.15) is 0 Å². The fraction of sp³-hybridized carbons (Fsp3) is 0. The monoisotopic (exact) mass is 1290 g/mol. The number of benzene rings is 2. The molecule has 0 spiro atoms. The van der Waals surface area contributed by atoms with Gasteiger partial charge in [0.15, 0.2) is 0 Å². The summed E-state index contributed by atoms with van der Waals surface area (Å²) in [5.41, 5.74) is 6.92. The van der Waals surface area contributed by atoms with Crippen molar-refractivity contribution in [3.8, 4) is 45.6 Å². The second-order valence-corrected chi connectivity index (χ2v) is 21.6. The predicted octanol–water partition coefficient (Wildman–Crippen LogP) is -0.204. The smallest absolute Gasteiger partial charge is 0.255 e. The van der Waals surface area contributed by atoms with Crippen LogP contribution in [0.1, 0.15) is 0 Å². The number of aromatic nitrogens is 6. The zero-order chi connectivity index (χ0) is 46.4. The molecule has 0 aliphatic carbocycles. The summed E-state index contributed by atoms with van der Waals surface area (Å²) < 4.78 is 122. The van der Waals surface area contributed by atoms with Crippen LogP contribution in [-0.2, 0) is 82.3 Å². The van der Waals surface area contributed by atoms with Gasteiger partial charge in [-0.3, -0.25) is 19.9 Å². The molecule has 6 N–H and O–H groups in total. The Kier molecular flexibility index (Phi) is 25.5. The Bertz CT molecular complexity index is 2810. The fourth-order valence-corrected chi connectivity index (χ4v) is 11.7. The summed E-state index contributed by atoms with van der Waals surface area (Å²) in [4.78, 5) is 24.5. The molecule has 8 aromatic rings. The molecule has 2 unspecified atom stereocenters. The summed E-state index contributed by atoms with van der Waals surface area (Å²) in [5.74, 6) is 0. The molecule has 6 heterocycles. The number of hydrogen-bond donors (Lipinski definition) is 2. The van der Waals surface area contributed by atoms with Crippen molar-refractivity contribution in [1.29, 1.82) is 0 Å². The maximum absolute atomic E-state index is 10.7. The van der Waals surface area contributed by atoms with Gasteiger partial charge in [-0.15, -0.1) is 0 Å². The summed E-state index contributed by atoms with van der Waals surface area (Å²) >= 11 is -11.2. The first-order valence-corrected chi connectivity index (χ1v) is 27.5. The Balaban J connectivity index is 0.000000448. The molecular weight excluding hydrogens is 1250 g/mol. The molecule has 0 radical (unpaired) electrons. The van der Waals surface area contributed by atoms with Gasteiger partial charge >= 0.3 is 220 Å². The van der Waals surface area contributed by atoms with Crippen LogP contribution in [0.4, 0.5) is 0 Å². The molecule has 0 aliphatic rings. The van der Waals surface area contributed by atoms with Crippen LogP contribution in [0.2, 0.25) is 0 Å². The zero-order valence-corrected chi connectivity index (χ0v) is 48.6. The molecule has 6 aromatic heterocycles. The fourth-order valence-electron chi connectivity index (χ4n) is 5.30. The van der Waals surface area contributed by atoms with E-state index in [4.69, 9.17) is 8.19 Å². The minimum atomic E-state index is -5.61. The SMILES string of the molecule is O.O.O=S(=O)([O-])c1ccccc1[As](=O)([O-])O.O=S(=O)([O-])c1ccccc1[As](=O)([O-])O.[Cd+2].[Cd+2].c1ccc(-c2cccc(-c3ccccn3)n2)nc1.c1ccc(-c2cccc(-c3ccccn3)n2)nc1. The van der Waals surface area contributed by atoms with E-state index in [2.05, 4.69) is 29.9 Å². The molecule has 0 saturated carbocycles. The average molecular weight is 1290 g/mol. The first-order valence-electron chi connectivity index (χ1n) is 18.1. The third kappa shape index (κ3) is 18.8. The maximum Gasteiger partial charge on any atom is 2.00 e. The minimum Gasteiger partial charge on any atom is -0.255 e. The third-order valence-electron chi connectivity index (χ3n) is 8.09. The molecule has 0 bridgehead atoms. The van der Waals surface area contributed by atoms with Gasteiger partial charge in [0, 0.05) is 24.8 Å². The standard InChI is InChI=1S/2C15H11N3.2C6H7AsO6S.2Cd.2H2O/c2*1-3-10-16-12(6-1)14-8-5-9-15(18-14)13-7-2-4-11-17-13;2*8-7(9,10)5-3-1-2-4-6(5)14(11,12)13;;;;/h2*1-11H;2*1-4H,(H2,8,9,10)(H,11,12,13);;;2*1H2/q;;;;2*+2;;/p-4. The van der Waals surface area contributed by atoms with Crippen molar-refractivity contribution in [3.63, 3.8) is 0 Å². The second-order valence-electron chi connectivity index (χ2n) is 12.6. The maximum atomic E-state index is 10.7. The average Bonchev–Trinajstić information content (AvgIpc) is 3.30. The van der Waals surface area contributed by atoms with E-state index in [9.17, 15) is 41.6 Å². The second kappa shape index (κ2) is 28.2. The van der Waals surface area contributed by atoms with E-state index in [0.29, 0.717) is 0 Å². The molecule has 8 rings (SSSR count). The van der Waals surface area contributed by atoms with Crippen LogP contribution in [0.5, 0.6) is 0 Å². The van der Waals surface area contributed by atoms with Crippen LogP contribution in [-0.4, -0.2) is 103 Å². The summed E-state index contributed by atoms with van der Waals surface area (Å²) in [5, 5.41) is 0. The summed E-state index contributed by atoms with van der Waals surface area (Å²) in [6.45, 7) is 0. The molecule has 26 heteroatoms. The molecular formula is C42H36As2Cd2N6O14S2. The van der Waals surface area contributed by atoms with Gasteiger partial charge in [0.05, 0.1) is 45.6 Å². The predicted molar refractivity (Wildman–Crippen MR) is 234 cm³/mol. The van der Waals surface area contributed by atoms with Gasteiger partial charge in [-0.1, -0.05) is 36.4 Å². The van der Waals surface area contributed by atoms with E-state index < -0.39 is 67.1 Å². The van der Waals surface area contributed by atoms with Crippen molar-refractivity contribution < 1.29 is 115 Å². The third-order valence-corrected chi connectivity index (χ3v) is 14.7. The number of pyridine rings is 6. The Labute approximate surface area is 436 Å². The summed E-state index contributed by atoms with van der Waals surface area (Å²) in [6.07, 6.45) is 7.07. The summed E-state index contributed by atoms with van der Waals surface area (Å²) in [6, 6.07) is 43.2. The Morgan fingerprint density at radius 2 is 0.588 bits per heavy atom. The van der Waals surface area contributed by atoms with E-state index in [-0.39, 0.29) is 65.5 Å². The van der Waals surface area contributed by atoms with Crippen molar-refractivity contribution in [2.45, 2.75) is 9.79 Å². The van der Waals surface area contributed by atoms with Crippen LogP contribution in [0.25, 0.3) is 45.6 Å². The first-order chi connectivity index (χ1) is 30.3. The van der Waals surface area contributed by atoms with Gasteiger partial charge in [-0.25, -0.2) is 9.97 Å². The largest absolute Gasteiger partial charge is 2.00 e. The number of nitrogens with zero attached hydrogens (tertiary/aromatic N) is 6. The van der Waals surface area contributed by atoms with Gasteiger partial charge in [0.25, 0.3) is 0 Å². The van der Waals surface area contributed by atoms with E-state index >= 15 is 0 Å². The number of rotatable bonds is 8. The Morgan fingerprint density at radius 1 is 0.368 bits per heavy atom. The topological polar surface area (TPSA) is 375 Å². The van der Waals surface area contributed by atoms with E-state index in [1.807, 2.05) is 109 Å². The van der Waals surface area contributed by atoms with Crippen LogP contribution < -0.4 is 16.9 Å². The van der Waals surface area contributed by atoms with Crippen molar-refractivity contribution in [2.75, 3.05) is 0 Å². The van der Waals surface area contributed by atoms with Crippen LogP contribution >= 0.6 is 0 Å². The van der Waals surface area contributed by atoms with E-state index in [1.165, 1.54) is 24.3 Å². The van der Waals surface area contributed by atoms with Crippen molar-refractivity contribution >= 4 is 57.3 Å². The summed E-state index contributed by atoms with van der Waals surface area (Å²) in [7, 11) is -9.77. The van der Waals surface area contributed by atoms with Crippen molar-refractivity contribution in [2.24, 2.45) is 0 Å². The first kappa shape index (κ1) is 61.5. The molecule has 0 fully saturated rings. The molecule has 20 nitrogen and oxygen atoms in total. The normalized spacial score (nSPS) is 12.1.